The first kappa shape index (κ1) is 25.7. The van der Waals surface area contributed by atoms with Crippen LogP contribution in [0.5, 0.6) is 0 Å². The quantitative estimate of drug-likeness (QED) is 0.309. The number of fused-ring (bicyclic) bond motifs is 3. The molecule has 1 aliphatic carbocycles. The van der Waals surface area contributed by atoms with Crippen LogP contribution in [0.1, 0.15) is 53.0 Å². The van der Waals surface area contributed by atoms with Gasteiger partial charge in [-0.15, -0.1) is 21.5 Å². The fourth-order valence-electron chi connectivity index (χ4n) is 6.02. The van der Waals surface area contributed by atoms with E-state index in [-0.39, 0.29) is 40.4 Å². The van der Waals surface area contributed by atoms with Crippen LogP contribution in [0, 0.1) is 13.8 Å². The fraction of sp³-hybridized carbons (Fsp3) is 0.346. The molecule has 5 aromatic heterocycles. The number of anilines is 1. The summed E-state index contributed by atoms with van der Waals surface area (Å²) in [4.78, 5) is 31.8. The van der Waals surface area contributed by atoms with Crippen molar-refractivity contribution in [3.8, 4) is 21.8 Å². The molecule has 3 N–H and O–H groups in total. The predicted octanol–water partition coefficient (Wildman–Crippen LogP) is 2.80. The molecule has 7 heterocycles. The molecule has 3 aliphatic rings. The van der Waals surface area contributed by atoms with Gasteiger partial charge in [-0.2, -0.15) is 9.61 Å². The zero-order chi connectivity index (χ0) is 28.6. The van der Waals surface area contributed by atoms with Gasteiger partial charge in [0.15, 0.2) is 15.5 Å². The van der Waals surface area contributed by atoms with Crippen molar-refractivity contribution >= 4 is 38.5 Å². The number of thiazole rings is 1. The van der Waals surface area contributed by atoms with Crippen molar-refractivity contribution in [1.82, 2.24) is 44.6 Å². The Morgan fingerprint density at radius 2 is 1.88 bits per heavy atom. The summed E-state index contributed by atoms with van der Waals surface area (Å²) in [5.74, 6) is 0.407. The maximum absolute atomic E-state index is 13.1. The summed E-state index contributed by atoms with van der Waals surface area (Å²) in [7, 11) is -3.74. The fourth-order valence-corrected chi connectivity index (χ4v) is 7.86. The number of nitrogens with one attached hydrogen (secondary N) is 1. The van der Waals surface area contributed by atoms with Crippen molar-refractivity contribution in [2.75, 3.05) is 12.0 Å². The molecule has 1 amide bonds. The number of aromatic amines is 1. The molecule has 2 saturated heterocycles. The Bertz CT molecular complexity index is 1930. The maximum atomic E-state index is 13.1. The number of sulfone groups is 1. The van der Waals surface area contributed by atoms with Crippen molar-refractivity contribution < 1.29 is 13.2 Å². The molecule has 2 bridgehead atoms. The van der Waals surface area contributed by atoms with E-state index in [4.69, 9.17) is 10.7 Å². The maximum Gasteiger partial charge on any atom is 0.292 e. The van der Waals surface area contributed by atoms with Crippen LogP contribution in [-0.2, 0) is 9.84 Å². The third kappa shape index (κ3) is 4.18. The molecule has 1 unspecified atom stereocenters. The highest BCUT2D eigenvalue weighted by molar-refractivity contribution is 7.91. The first-order valence-electron chi connectivity index (χ1n) is 13.1. The number of piperidine rings is 1. The van der Waals surface area contributed by atoms with E-state index >= 15 is 0 Å². The molecule has 0 aromatic carbocycles. The second-order valence-electron chi connectivity index (χ2n) is 10.7. The van der Waals surface area contributed by atoms with Crippen LogP contribution in [0.15, 0.2) is 34.8 Å². The number of nitrogens with zero attached hydrogens (tertiary/aromatic N) is 8. The molecule has 3 fully saturated rings. The largest absolute Gasteiger partial charge is 0.382 e. The Morgan fingerprint density at radius 1 is 1.10 bits per heavy atom. The van der Waals surface area contributed by atoms with E-state index in [1.165, 1.54) is 15.9 Å². The van der Waals surface area contributed by atoms with E-state index in [0.29, 0.717) is 35.6 Å². The summed E-state index contributed by atoms with van der Waals surface area (Å²) in [6.45, 7) is 3.68. The van der Waals surface area contributed by atoms with Crippen LogP contribution in [0.2, 0.25) is 0 Å². The number of hydrogen-bond acceptors (Lipinski definition) is 11. The Hall–Kier alpha value is -4.24. The van der Waals surface area contributed by atoms with E-state index in [1.54, 1.807) is 19.3 Å². The third-order valence-electron chi connectivity index (χ3n) is 7.81. The van der Waals surface area contributed by atoms with Crippen molar-refractivity contribution in [2.24, 2.45) is 0 Å². The lowest BCUT2D eigenvalue weighted by molar-refractivity contribution is -0.0205. The van der Waals surface area contributed by atoms with E-state index in [1.807, 2.05) is 29.3 Å². The smallest absolute Gasteiger partial charge is 0.292 e. The van der Waals surface area contributed by atoms with E-state index in [0.717, 1.165) is 34.6 Å². The number of aromatic nitrogens is 8. The molecule has 8 rings (SSSR count). The molecule has 3 atom stereocenters. The number of nitrogens with two attached hydrogens (primary N) is 1. The number of aryl methyl sites for hydroxylation is 2. The summed E-state index contributed by atoms with van der Waals surface area (Å²) in [5.41, 5.74) is 10.5. The monoisotopic (exact) mass is 590 g/mol. The molecule has 15 heteroatoms. The Labute approximate surface area is 238 Å². The predicted molar refractivity (Wildman–Crippen MR) is 151 cm³/mol. The van der Waals surface area contributed by atoms with Gasteiger partial charge in [0.2, 0.25) is 5.82 Å². The highest BCUT2D eigenvalue weighted by Crippen LogP contribution is 2.47. The van der Waals surface area contributed by atoms with Gasteiger partial charge in [-0.3, -0.25) is 9.78 Å². The van der Waals surface area contributed by atoms with Gasteiger partial charge in [0.25, 0.3) is 5.91 Å². The summed E-state index contributed by atoms with van der Waals surface area (Å²) in [6.07, 6.45) is 6.46. The first-order chi connectivity index (χ1) is 19.6. The van der Waals surface area contributed by atoms with Crippen molar-refractivity contribution in [1.29, 1.82) is 0 Å². The second-order valence-corrected chi connectivity index (χ2v) is 13.5. The number of rotatable bonds is 5. The van der Waals surface area contributed by atoms with Gasteiger partial charge in [-0.25, -0.2) is 18.4 Å². The SMILES string of the molecule is Cc1csc(-c2ccc(-c3cnn4c(N)c(S(C)(=O)=O)c([C@@H]5CC6C[C@@H](C5)N6C(=O)c5nnc(C)[nH]5)nc34)cn2)n1. The number of H-pyrrole nitrogens is 1. The normalized spacial score (nSPS) is 20.4. The molecule has 5 aromatic rings. The highest BCUT2D eigenvalue weighted by atomic mass is 32.2. The minimum absolute atomic E-state index is 0.0118. The van der Waals surface area contributed by atoms with Crippen LogP contribution < -0.4 is 5.73 Å². The molecule has 41 heavy (non-hydrogen) atoms. The van der Waals surface area contributed by atoms with Gasteiger partial charge in [0.05, 0.1) is 17.6 Å². The lowest BCUT2D eigenvalue weighted by Gasteiger charge is -2.55. The molecule has 13 nitrogen and oxygen atoms in total. The van der Waals surface area contributed by atoms with E-state index < -0.39 is 9.84 Å². The Morgan fingerprint density at radius 3 is 2.49 bits per heavy atom. The summed E-state index contributed by atoms with van der Waals surface area (Å²) < 4.78 is 27.4. The first-order valence-corrected chi connectivity index (χ1v) is 15.8. The average molecular weight is 591 g/mol. The van der Waals surface area contributed by atoms with Crippen LogP contribution in [0.25, 0.3) is 27.5 Å². The third-order valence-corrected chi connectivity index (χ3v) is 9.96. The van der Waals surface area contributed by atoms with E-state index in [2.05, 4.69) is 30.2 Å². The summed E-state index contributed by atoms with van der Waals surface area (Å²) in [6, 6.07) is 3.70. The van der Waals surface area contributed by atoms with Crippen molar-refractivity contribution in [2.45, 2.75) is 56.0 Å². The minimum Gasteiger partial charge on any atom is -0.382 e. The second kappa shape index (κ2) is 9.14. The van der Waals surface area contributed by atoms with Crippen LogP contribution >= 0.6 is 11.3 Å². The topological polar surface area (TPSA) is 178 Å². The summed E-state index contributed by atoms with van der Waals surface area (Å²) in [5, 5.41) is 15.0. The zero-order valence-corrected chi connectivity index (χ0v) is 24.1. The van der Waals surface area contributed by atoms with Crippen molar-refractivity contribution in [3.63, 3.8) is 0 Å². The van der Waals surface area contributed by atoms with Gasteiger partial charge in [0, 0.05) is 52.7 Å². The lowest BCUT2D eigenvalue weighted by atomic mass is 9.72. The van der Waals surface area contributed by atoms with E-state index in [9.17, 15) is 13.2 Å². The molecule has 210 valence electrons. The minimum atomic E-state index is -3.74. The van der Waals surface area contributed by atoms with Gasteiger partial charge >= 0.3 is 0 Å². The van der Waals surface area contributed by atoms with Gasteiger partial charge in [-0.1, -0.05) is 6.07 Å². The van der Waals surface area contributed by atoms with Gasteiger partial charge in [-0.05, 0) is 39.2 Å². The molecular formula is C26H26N10O3S2. The Balaban J connectivity index is 1.25. The van der Waals surface area contributed by atoms with Crippen molar-refractivity contribution in [3.05, 3.63) is 52.9 Å². The number of nitrogen functional groups attached to an aromatic ring is 1. The number of amides is 1. The Kier molecular flexibility index (Phi) is 5.73. The highest BCUT2D eigenvalue weighted by Gasteiger charge is 2.50. The van der Waals surface area contributed by atoms with Crippen LogP contribution in [0.3, 0.4) is 0 Å². The number of carbonyl (C=O) groups is 1. The van der Waals surface area contributed by atoms with Gasteiger partial charge in [0.1, 0.15) is 21.5 Å². The summed E-state index contributed by atoms with van der Waals surface area (Å²) >= 11 is 1.53. The molecule has 2 aliphatic heterocycles. The van der Waals surface area contributed by atoms with Gasteiger partial charge < -0.3 is 15.6 Å². The number of carbonyl (C=O) groups excluding carboxylic acids is 1. The number of pyridine rings is 1. The average Bonchev–Trinajstić information content (AvgIpc) is 3.68. The molecular weight excluding hydrogens is 564 g/mol. The van der Waals surface area contributed by atoms with Crippen LogP contribution in [0.4, 0.5) is 5.82 Å². The standard InChI is InChI=1S/C26H26N10O3S2/c1-12-11-40-25(30-12)19-5-4-14(9-28-19)18-10-29-36-22(27)21(41(3,38)39)20(32-24(18)36)15-6-16-8-17(7-15)35(16)26(37)23-31-13(2)33-34-23/h4-5,9-11,15-17H,6-8,27H2,1-3H3,(H,31,33,34)/t15-,16+,17?/m0/s1. The molecule has 1 saturated carbocycles. The molecule has 0 radical (unpaired) electrons. The number of hydrogen-bond donors (Lipinski definition) is 2. The zero-order valence-electron chi connectivity index (χ0n) is 22.4. The van der Waals surface area contributed by atoms with Crippen LogP contribution in [-0.4, -0.2) is 77.3 Å². The lowest BCUT2D eigenvalue weighted by Crippen LogP contribution is -2.62. The molecule has 0 spiro atoms.